The molecular formula is C24H35FN2O2. The summed E-state index contributed by atoms with van der Waals surface area (Å²) in [7, 11) is 0. The highest BCUT2D eigenvalue weighted by molar-refractivity contribution is 5.88. The van der Waals surface area contributed by atoms with Gasteiger partial charge in [-0.05, 0) is 68.2 Å². The number of hydrogen-bond acceptors (Lipinski definition) is 4. The number of nitrogens with one attached hydrogen (secondary N) is 1. The SMILES string of the molecule is C=C1CC2C(CC[C@]3(C)C(=O)CC(F)C23)[C@@]2(C)CCC(=NOC3CCNC3)CC12. The van der Waals surface area contributed by atoms with Crippen LogP contribution in [0.3, 0.4) is 0 Å². The number of Topliss-reactive ketones (excluding diaryl/α,β-unsaturated/α-hetero) is 1. The van der Waals surface area contributed by atoms with Gasteiger partial charge in [0, 0.05) is 30.7 Å². The van der Waals surface area contributed by atoms with E-state index in [0.29, 0.717) is 11.8 Å². The average Bonchev–Trinajstić information content (AvgIpc) is 3.27. The predicted molar refractivity (Wildman–Crippen MR) is 111 cm³/mol. The van der Waals surface area contributed by atoms with E-state index < -0.39 is 11.6 Å². The lowest BCUT2D eigenvalue weighted by atomic mass is 9.44. The summed E-state index contributed by atoms with van der Waals surface area (Å²) in [5.74, 6) is 1.20. The topological polar surface area (TPSA) is 50.7 Å². The molecule has 5 heteroatoms. The zero-order valence-corrected chi connectivity index (χ0v) is 17.9. The Morgan fingerprint density at radius 3 is 2.79 bits per heavy atom. The van der Waals surface area contributed by atoms with Crippen molar-refractivity contribution in [2.75, 3.05) is 13.1 Å². The molecule has 4 saturated carbocycles. The minimum absolute atomic E-state index is 0.114. The summed E-state index contributed by atoms with van der Waals surface area (Å²) in [6.07, 6.45) is 6.12. The molecule has 6 unspecified atom stereocenters. The first-order chi connectivity index (χ1) is 13.8. The normalized spacial score (nSPS) is 50.9. The molecule has 8 atom stereocenters. The van der Waals surface area contributed by atoms with Gasteiger partial charge in [-0.2, -0.15) is 0 Å². The van der Waals surface area contributed by atoms with E-state index in [2.05, 4.69) is 24.0 Å². The number of hydrogen-bond donors (Lipinski definition) is 1. The highest BCUT2D eigenvalue weighted by atomic mass is 19.1. The first-order valence-electron chi connectivity index (χ1n) is 11.6. The maximum Gasteiger partial charge on any atom is 0.142 e. The Morgan fingerprint density at radius 2 is 2.03 bits per heavy atom. The van der Waals surface area contributed by atoms with Crippen molar-refractivity contribution >= 4 is 11.5 Å². The molecule has 1 heterocycles. The monoisotopic (exact) mass is 402 g/mol. The highest BCUT2D eigenvalue weighted by Gasteiger charge is 2.63. The minimum atomic E-state index is -0.970. The second-order valence-electron chi connectivity index (χ2n) is 10.9. The molecule has 1 saturated heterocycles. The highest BCUT2D eigenvalue weighted by Crippen LogP contribution is 2.66. The summed E-state index contributed by atoms with van der Waals surface area (Å²) in [5.41, 5.74) is 2.10. The van der Waals surface area contributed by atoms with Crippen LogP contribution in [0, 0.1) is 34.5 Å². The van der Waals surface area contributed by atoms with Crippen LogP contribution in [0.15, 0.2) is 17.3 Å². The molecule has 0 aromatic heterocycles. The Labute approximate surface area is 173 Å². The zero-order chi connectivity index (χ0) is 20.4. The van der Waals surface area contributed by atoms with Gasteiger partial charge in [0.25, 0.3) is 0 Å². The summed E-state index contributed by atoms with van der Waals surface area (Å²) < 4.78 is 15.0. The molecule has 5 fully saturated rings. The van der Waals surface area contributed by atoms with Crippen LogP contribution in [0.2, 0.25) is 0 Å². The van der Waals surface area contributed by atoms with E-state index in [0.717, 1.165) is 58.0 Å². The van der Waals surface area contributed by atoms with Crippen LogP contribution < -0.4 is 5.32 Å². The van der Waals surface area contributed by atoms with Crippen LogP contribution >= 0.6 is 0 Å². The quantitative estimate of drug-likeness (QED) is 0.548. The molecule has 4 nitrogen and oxygen atoms in total. The van der Waals surface area contributed by atoms with Crippen molar-refractivity contribution in [2.24, 2.45) is 39.7 Å². The molecular weight excluding hydrogens is 367 g/mol. The van der Waals surface area contributed by atoms with Gasteiger partial charge in [0.05, 0.1) is 5.71 Å². The van der Waals surface area contributed by atoms with Crippen molar-refractivity contribution in [3.8, 4) is 0 Å². The van der Waals surface area contributed by atoms with Gasteiger partial charge in [0.1, 0.15) is 18.1 Å². The fraction of sp³-hybridized carbons (Fsp3) is 0.833. The number of allylic oxidation sites excluding steroid dienone is 1. The Kier molecular flexibility index (Phi) is 4.69. The van der Waals surface area contributed by atoms with Crippen LogP contribution in [0.5, 0.6) is 0 Å². The summed E-state index contributed by atoms with van der Waals surface area (Å²) in [4.78, 5) is 18.4. The van der Waals surface area contributed by atoms with Gasteiger partial charge in [-0.15, -0.1) is 0 Å². The Hall–Kier alpha value is -1.23. The number of rotatable bonds is 2. The molecule has 1 N–H and O–H groups in total. The molecule has 0 aromatic rings. The summed E-state index contributed by atoms with van der Waals surface area (Å²) in [6.45, 7) is 10.8. The largest absolute Gasteiger partial charge is 0.391 e. The summed E-state index contributed by atoms with van der Waals surface area (Å²) in [6, 6.07) is 0. The lowest BCUT2D eigenvalue weighted by Crippen LogP contribution is -2.55. The van der Waals surface area contributed by atoms with E-state index in [9.17, 15) is 4.79 Å². The van der Waals surface area contributed by atoms with Crippen molar-refractivity contribution in [2.45, 2.75) is 77.5 Å². The molecule has 0 aromatic carbocycles. The lowest BCUT2D eigenvalue weighted by Gasteiger charge is -2.60. The van der Waals surface area contributed by atoms with Crippen molar-refractivity contribution in [1.82, 2.24) is 5.32 Å². The Balaban J connectivity index is 1.37. The Morgan fingerprint density at radius 1 is 1.21 bits per heavy atom. The molecule has 4 aliphatic carbocycles. The average molecular weight is 403 g/mol. The molecule has 29 heavy (non-hydrogen) atoms. The van der Waals surface area contributed by atoms with Crippen molar-refractivity contribution in [3.63, 3.8) is 0 Å². The third-order valence-corrected chi connectivity index (χ3v) is 9.47. The number of fused-ring (bicyclic) bond motifs is 5. The summed E-state index contributed by atoms with van der Waals surface area (Å²) in [5, 5.41) is 7.86. The number of ketones is 1. The van der Waals surface area contributed by atoms with E-state index in [1.165, 1.54) is 11.3 Å². The molecule has 5 aliphatic rings. The standard InChI is InChI=1S/C24H35FN2O2/c1-14-10-17-18(5-8-24(3)21(28)12-20(25)22(17)24)23(2)7-4-15(11-19(14)23)27-29-16-6-9-26-13-16/h16-20,22,26H,1,4-13H2,2-3H3/t16?,17?,18?,19?,20?,22?,23-,24-/m1/s1. The zero-order valence-electron chi connectivity index (χ0n) is 17.9. The van der Waals surface area contributed by atoms with Gasteiger partial charge in [-0.1, -0.05) is 31.2 Å². The van der Waals surface area contributed by atoms with Crippen molar-refractivity contribution in [3.05, 3.63) is 12.2 Å². The van der Waals surface area contributed by atoms with E-state index in [-0.39, 0.29) is 35.6 Å². The molecule has 0 spiro atoms. The van der Waals surface area contributed by atoms with E-state index in [1.807, 2.05) is 6.92 Å². The maximum absolute atomic E-state index is 15.0. The molecule has 0 radical (unpaired) electrons. The van der Waals surface area contributed by atoms with Gasteiger partial charge in [0.15, 0.2) is 0 Å². The number of carbonyl (C=O) groups is 1. The van der Waals surface area contributed by atoms with E-state index >= 15 is 4.39 Å². The third-order valence-electron chi connectivity index (χ3n) is 9.47. The number of alkyl halides is 1. The lowest BCUT2D eigenvalue weighted by molar-refractivity contribution is -0.135. The summed E-state index contributed by atoms with van der Waals surface area (Å²) >= 11 is 0. The first kappa shape index (κ1) is 19.7. The van der Waals surface area contributed by atoms with E-state index in [1.54, 1.807) is 0 Å². The molecule has 0 bridgehead atoms. The minimum Gasteiger partial charge on any atom is -0.391 e. The van der Waals surface area contributed by atoms with Gasteiger partial charge < -0.3 is 10.2 Å². The number of nitrogens with zero attached hydrogens (tertiary/aromatic N) is 1. The smallest absolute Gasteiger partial charge is 0.142 e. The first-order valence-corrected chi connectivity index (χ1v) is 11.6. The van der Waals surface area contributed by atoms with Crippen molar-refractivity contribution in [1.29, 1.82) is 0 Å². The van der Waals surface area contributed by atoms with Gasteiger partial charge >= 0.3 is 0 Å². The number of halogens is 1. The number of oxime groups is 1. The van der Waals surface area contributed by atoms with Gasteiger partial charge in [-0.25, -0.2) is 4.39 Å². The number of carbonyl (C=O) groups excluding carboxylic acids is 1. The second-order valence-corrected chi connectivity index (χ2v) is 10.9. The van der Waals surface area contributed by atoms with Crippen LogP contribution in [0.1, 0.15) is 65.2 Å². The van der Waals surface area contributed by atoms with Crippen molar-refractivity contribution < 1.29 is 14.0 Å². The molecule has 5 rings (SSSR count). The predicted octanol–water partition coefficient (Wildman–Crippen LogP) is 4.45. The molecule has 0 amide bonds. The maximum atomic E-state index is 15.0. The van der Waals surface area contributed by atoms with Crippen LogP contribution in [0.4, 0.5) is 4.39 Å². The van der Waals surface area contributed by atoms with Crippen LogP contribution in [0.25, 0.3) is 0 Å². The van der Waals surface area contributed by atoms with Crippen LogP contribution in [-0.2, 0) is 9.63 Å². The third kappa shape index (κ3) is 2.94. The fourth-order valence-electron chi connectivity index (χ4n) is 7.79. The Bertz CT molecular complexity index is 745. The van der Waals surface area contributed by atoms with Gasteiger partial charge in [0.2, 0.25) is 0 Å². The molecule has 1 aliphatic heterocycles. The van der Waals surface area contributed by atoms with Crippen LogP contribution in [-0.4, -0.2) is 36.9 Å². The second kappa shape index (κ2) is 6.90. The fourth-order valence-corrected chi connectivity index (χ4v) is 7.79. The van der Waals surface area contributed by atoms with Gasteiger partial charge in [-0.3, -0.25) is 4.79 Å². The molecule has 160 valence electrons. The van der Waals surface area contributed by atoms with E-state index in [4.69, 9.17) is 4.84 Å².